The predicted molar refractivity (Wildman–Crippen MR) is 88.0 cm³/mol. The lowest BCUT2D eigenvalue weighted by atomic mass is 10.3. The van der Waals surface area contributed by atoms with E-state index in [2.05, 4.69) is 0 Å². The Kier molecular flexibility index (Phi) is 5.47. The van der Waals surface area contributed by atoms with Crippen LogP contribution in [0.3, 0.4) is 0 Å². The van der Waals surface area contributed by atoms with Crippen LogP contribution in [-0.4, -0.2) is 0 Å². The summed E-state index contributed by atoms with van der Waals surface area (Å²) in [4.78, 5) is 0. The molecule has 0 bridgehead atoms. The summed E-state index contributed by atoms with van der Waals surface area (Å²) in [6.07, 6.45) is 0. The molecule has 2 rings (SSSR count). The van der Waals surface area contributed by atoms with E-state index in [0.29, 0.717) is 5.02 Å². The van der Waals surface area contributed by atoms with Crippen molar-refractivity contribution in [1.82, 2.24) is 0 Å². The first kappa shape index (κ1) is 16.6. The fraction of sp³-hybridized carbons (Fsp3) is 0. The summed E-state index contributed by atoms with van der Waals surface area (Å²) in [6.45, 7) is 0. The molecule has 0 aliphatic rings. The van der Waals surface area contributed by atoms with Crippen LogP contribution in [0.15, 0.2) is 18.2 Å². The van der Waals surface area contributed by atoms with Gasteiger partial charge in [0.2, 0.25) is 0 Å². The summed E-state index contributed by atoms with van der Waals surface area (Å²) in [5, 5.41) is 1.40. The monoisotopic (exact) mass is 408 g/mol. The van der Waals surface area contributed by atoms with E-state index < -0.39 is 0 Å². The highest BCUT2D eigenvalue weighted by atomic mass is 35.5. The lowest BCUT2D eigenvalue weighted by molar-refractivity contribution is 0.483. The van der Waals surface area contributed by atoms with Gasteiger partial charge in [-0.25, -0.2) is 0 Å². The minimum atomic E-state index is 0.0898. The Balaban J connectivity index is 2.48. The molecule has 0 saturated heterocycles. The molecule has 2 aromatic carbocycles. The summed E-state index contributed by atoms with van der Waals surface area (Å²) in [6, 6.07) is 4.34. The molecule has 20 heavy (non-hydrogen) atoms. The minimum absolute atomic E-state index is 0.0898. The maximum Gasteiger partial charge on any atom is 0.149 e. The summed E-state index contributed by atoms with van der Waals surface area (Å²) in [5.74, 6) is 0.462. The maximum absolute atomic E-state index is 6.04. The van der Waals surface area contributed by atoms with E-state index in [1.54, 1.807) is 0 Å². The van der Waals surface area contributed by atoms with Crippen molar-refractivity contribution < 1.29 is 4.74 Å². The van der Waals surface area contributed by atoms with E-state index in [9.17, 15) is 0 Å². The van der Waals surface area contributed by atoms with E-state index >= 15 is 0 Å². The van der Waals surface area contributed by atoms with Crippen molar-refractivity contribution in [3.63, 3.8) is 0 Å². The Morgan fingerprint density at radius 2 is 1.05 bits per heavy atom. The molecule has 0 aliphatic carbocycles. The first-order valence-corrected chi connectivity index (χ1v) is 7.61. The second kappa shape index (κ2) is 6.58. The zero-order valence-corrected chi connectivity index (χ0v) is 14.6. The highest BCUT2D eigenvalue weighted by molar-refractivity contribution is 6.52. The molecule has 2 aromatic rings. The number of benzene rings is 2. The van der Waals surface area contributed by atoms with Gasteiger partial charge in [-0.2, -0.15) is 0 Å². The summed E-state index contributed by atoms with van der Waals surface area (Å²) in [7, 11) is 0. The van der Waals surface area contributed by atoms with Crippen LogP contribution >= 0.6 is 81.2 Å². The Hall–Kier alpha value is 0.270. The molecule has 1 nitrogen and oxygen atoms in total. The molecule has 0 atom stereocenters. The zero-order valence-electron chi connectivity index (χ0n) is 9.29. The second-order valence-electron chi connectivity index (χ2n) is 3.60. The van der Waals surface area contributed by atoms with Crippen molar-refractivity contribution in [3.05, 3.63) is 53.4 Å². The van der Waals surface area contributed by atoms with E-state index in [1.807, 2.05) is 0 Å². The van der Waals surface area contributed by atoms with Gasteiger partial charge in [0.15, 0.2) is 0 Å². The van der Waals surface area contributed by atoms with Crippen LogP contribution in [0, 0.1) is 0 Å². The average Bonchev–Trinajstić information content (AvgIpc) is 2.39. The van der Waals surface area contributed by atoms with Crippen molar-refractivity contribution >= 4 is 81.2 Å². The van der Waals surface area contributed by atoms with Crippen molar-refractivity contribution in [2.75, 3.05) is 0 Å². The molecular weight excluding hydrogens is 408 g/mol. The summed E-state index contributed by atoms with van der Waals surface area (Å²) < 4.78 is 5.56. The van der Waals surface area contributed by atoms with E-state index in [1.165, 1.54) is 18.2 Å². The Morgan fingerprint density at radius 1 is 0.500 bits per heavy atom. The van der Waals surface area contributed by atoms with Gasteiger partial charge >= 0.3 is 0 Å². The molecule has 0 radical (unpaired) electrons. The van der Waals surface area contributed by atoms with Gasteiger partial charge in [0.25, 0.3) is 0 Å². The lowest BCUT2D eigenvalue weighted by Crippen LogP contribution is -1.89. The Labute approximate surface area is 150 Å². The third-order valence-corrected chi connectivity index (χ3v) is 5.02. The Morgan fingerprint density at radius 3 is 1.70 bits per heavy atom. The molecule has 0 saturated carbocycles. The van der Waals surface area contributed by atoms with E-state index in [-0.39, 0.29) is 41.6 Å². The molecule has 0 aliphatic heterocycles. The van der Waals surface area contributed by atoms with E-state index in [4.69, 9.17) is 85.9 Å². The summed E-state index contributed by atoms with van der Waals surface area (Å²) >= 11 is 41.5. The first-order chi connectivity index (χ1) is 9.31. The predicted octanol–water partition coefficient (Wildman–Crippen LogP) is 8.05. The number of hydrogen-bond acceptors (Lipinski definition) is 1. The molecule has 0 fully saturated rings. The van der Waals surface area contributed by atoms with Crippen LogP contribution in [0.4, 0.5) is 0 Å². The van der Waals surface area contributed by atoms with Gasteiger partial charge in [-0.05, 0) is 6.07 Å². The van der Waals surface area contributed by atoms with Crippen molar-refractivity contribution in [2.45, 2.75) is 0 Å². The first-order valence-electron chi connectivity index (χ1n) is 4.96. The van der Waals surface area contributed by atoms with Crippen LogP contribution in [-0.2, 0) is 0 Å². The molecule has 0 N–H and O–H groups in total. The number of halogens is 7. The quantitative estimate of drug-likeness (QED) is 0.359. The maximum atomic E-state index is 6.04. The third-order valence-electron chi connectivity index (χ3n) is 2.26. The molecule has 8 heteroatoms. The lowest BCUT2D eigenvalue weighted by Gasteiger charge is -2.12. The van der Waals surface area contributed by atoms with Crippen LogP contribution < -0.4 is 4.74 Å². The third kappa shape index (κ3) is 3.36. The normalized spacial score (nSPS) is 10.8. The second-order valence-corrected chi connectivity index (χ2v) is 6.36. The van der Waals surface area contributed by atoms with Crippen LogP contribution in [0.1, 0.15) is 0 Å². The number of rotatable bonds is 2. The molecular formula is C12H3Cl7O. The van der Waals surface area contributed by atoms with Gasteiger partial charge < -0.3 is 4.74 Å². The van der Waals surface area contributed by atoms with Gasteiger partial charge in [0.1, 0.15) is 16.5 Å². The zero-order chi connectivity index (χ0) is 15.0. The molecule has 0 unspecified atom stereocenters. The largest absolute Gasteiger partial charge is 0.454 e. The van der Waals surface area contributed by atoms with Crippen molar-refractivity contribution in [1.29, 1.82) is 0 Å². The smallest absolute Gasteiger partial charge is 0.149 e. The molecule has 0 aromatic heterocycles. The standard InChI is InChI=1S/C12H3Cl7O/c13-4-1-6(15)8(2-5(4)14)20-9-3-7(16)10(17)12(19)11(9)18/h1-3H. The van der Waals surface area contributed by atoms with Gasteiger partial charge in [0.05, 0.1) is 30.1 Å². The van der Waals surface area contributed by atoms with E-state index in [0.717, 1.165) is 0 Å². The van der Waals surface area contributed by atoms with Gasteiger partial charge in [-0.3, -0.25) is 0 Å². The highest BCUT2D eigenvalue weighted by Gasteiger charge is 2.16. The van der Waals surface area contributed by atoms with Crippen LogP contribution in [0.5, 0.6) is 11.5 Å². The fourth-order valence-electron chi connectivity index (χ4n) is 1.33. The fourth-order valence-corrected chi connectivity index (χ4v) is 2.72. The average molecular weight is 411 g/mol. The molecule has 106 valence electrons. The summed E-state index contributed by atoms with van der Waals surface area (Å²) in [5.41, 5.74) is 0. The van der Waals surface area contributed by atoms with Crippen LogP contribution in [0.25, 0.3) is 0 Å². The SMILES string of the molecule is Clc1cc(Cl)c(Oc2cc(Cl)c(Cl)c(Cl)c2Cl)cc1Cl. The van der Waals surface area contributed by atoms with Crippen LogP contribution in [0.2, 0.25) is 35.2 Å². The molecule has 0 spiro atoms. The minimum Gasteiger partial charge on any atom is -0.454 e. The van der Waals surface area contributed by atoms with Crippen molar-refractivity contribution in [3.8, 4) is 11.5 Å². The van der Waals surface area contributed by atoms with Crippen molar-refractivity contribution in [2.24, 2.45) is 0 Å². The van der Waals surface area contributed by atoms with Gasteiger partial charge in [-0.1, -0.05) is 81.2 Å². The number of hydrogen-bond donors (Lipinski definition) is 0. The Bertz CT molecular complexity index is 684. The number of ether oxygens (including phenoxy) is 1. The molecule has 0 amide bonds. The van der Waals surface area contributed by atoms with Gasteiger partial charge in [-0.15, -0.1) is 0 Å². The van der Waals surface area contributed by atoms with Gasteiger partial charge in [0, 0.05) is 12.1 Å². The topological polar surface area (TPSA) is 9.23 Å². The molecule has 0 heterocycles. The highest BCUT2D eigenvalue weighted by Crippen LogP contribution is 2.45.